The Morgan fingerprint density at radius 2 is 1.90 bits per heavy atom. The molecule has 3 rings (SSSR count). The smallest absolute Gasteiger partial charge is 0.196 e. The van der Waals surface area contributed by atoms with Gasteiger partial charge < -0.3 is 4.98 Å². The zero-order chi connectivity index (χ0) is 14.3. The van der Waals surface area contributed by atoms with Crippen LogP contribution in [0.3, 0.4) is 0 Å². The van der Waals surface area contributed by atoms with Crippen molar-refractivity contribution in [3.8, 4) is 0 Å². The van der Waals surface area contributed by atoms with Crippen LogP contribution in [-0.4, -0.2) is 10.8 Å². The predicted octanol–water partition coefficient (Wildman–Crippen LogP) is 5.01. The Labute approximate surface area is 126 Å². The predicted molar refractivity (Wildman–Crippen MR) is 82.9 cm³/mol. The van der Waals surface area contributed by atoms with Crippen molar-refractivity contribution in [3.63, 3.8) is 0 Å². The highest BCUT2D eigenvalue weighted by Gasteiger charge is 2.18. The van der Waals surface area contributed by atoms with Crippen molar-refractivity contribution in [3.05, 3.63) is 69.3 Å². The van der Waals surface area contributed by atoms with Crippen LogP contribution in [0.5, 0.6) is 0 Å². The SMILES string of the molecule is Cc1cccc2[nH]cc(C(=O)c3cc(Cl)ccc3Cl)c12. The number of carbonyl (C=O) groups excluding carboxylic acids is 1. The molecule has 0 aliphatic rings. The average Bonchev–Trinajstić information content (AvgIpc) is 2.86. The van der Waals surface area contributed by atoms with Crippen molar-refractivity contribution < 1.29 is 4.79 Å². The Morgan fingerprint density at radius 1 is 1.10 bits per heavy atom. The Balaban J connectivity index is 2.21. The topological polar surface area (TPSA) is 32.9 Å². The van der Waals surface area contributed by atoms with Gasteiger partial charge >= 0.3 is 0 Å². The van der Waals surface area contributed by atoms with Gasteiger partial charge in [0.05, 0.1) is 5.02 Å². The molecular formula is C16H11Cl2NO. The molecule has 0 fully saturated rings. The Morgan fingerprint density at radius 3 is 2.70 bits per heavy atom. The summed E-state index contributed by atoms with van der Waals surface area (Å²) in [5.74, 6) is -0.127. The van der Waals surface area contributed by atoms with Gasteiger partial charge in [-0.3, -0.25) is 4.79 Å². The van der Waals surface area contributed by atoms with Crippen LogP contribution in [0.1, 0.15) is 21.5 Å². The van der Waals surface area contributed by atoms with Crippen LogP contribution >= 0.6 is 23.2 Å². The fourth-order valence-electron chi connectivity index (χ4n) is 2.36. The lowest BCUT2D eigenvalue weighted by molar-refractivity contribution is 0.104. The summed E-state index contributed by atoms with van der Waals surface area (Å²) in [4.78, 5) is 15.8. The molecule has 0 aliphatic carbocycles. The van der Waals surface area contributed by atoms with E-state index in [1.165, 1.54) is 0 Å². The van der Waals surface area contributed by atoms with Gasteiger partial charge in [0, 0.05) is 33.2 Å². The van der Waals surface area contributed by atoms with Crippen LogP contribution in [0.15, 0.2) is 42.6 Å². The standard InChI is InChI=1S/C16H11Cl2NO/c1-9-3-2-4-14-15(9)12(8-19-14)16(20)11-7-10(17)5-6-13(11)18/h2-8,19H,1H3. The number of aromatic nitrogens is 1. The van der Waals surface area contributed by atoms with Gasteiger partial charge in [0.1, 0.15) is 0 Å². The van der Waals surface area contributed by atoms with Gasteiger partial charge in [-0.15, -0.1) is 0 Å². The van der Waals surface area contributed by atoms with Crippen LogP contribution in [-0.2, 0) is 0 Å². The lowest BCUT2D eigenvalue weighted by atomic mass is 10.00. The van der Waals surface area contributed by atoms with E-state index in [1.807, 2.05) is 25.1 Å². The molecule has 1 N–H and O–H groups in total. The second-order valence-electron chi connectivity index (χ2n) is 4.65. The molecule has 100 valence electrons. The molecule has 2 aromatic carbocycles. The van der Waals surface area contributed by atoms with E-state index in [2.05, 4.69) is 4.98 Å². The van der Waals surface area contributed by atoms with Crippen molar-refractivity contribution in [2.24, 2.45) is 0 Å². The van der Waals surface area contributed by atoms with E-state index in [0.717, 1.165) is 16.5 Å². The molecule has 0 spiro atoms. The summed E-state index contributed by atoms with van der Waals surface area (Å²) in [6.07, 6.45) is 1.72. The molecule has 0 saturated heterocycles. The van der Waals surface area contributed by atoms with Gasteiger partial charge in [-0.25, -0.2) is 0 Å². The van der Waals surface area contributed by atoms with Crippen molar-refractivity contribution >= 4 is 39.9 Å². The summed E-state index contributed by atoms with van der Waals surface area (Å²) < 4.78 is 0. The maximum Gasteiger partial charge on any atom is 0.196 e. The summed E-state index contributed by atoms with van der Waals surface area (Å²) >= 11 is 12.1. The summed E-state index contributed by atoms with van der Waals surface area (Å²) in [6.45, 7) is 1.98. The Hall–Kier alpha value is -1.77. The summed E-state index contributed by atoms with van der Waals surface area (Å²) in [6, 6.07) is 10.8. The molecule has 2 nitrogen and oxygen atoms in total. The monoisotopic (exact) mass is 303 g/mol. The van der Waals surface area contributed by atoms with E-state index >= 15 is 0 Å². The van der Waals surface area contributed by atoms with Gasteiger partial charge in [-0.2, -0.15) is 0 Å². The minimum atomic E-state index is -0.127. The first-order chi connectivity index (χ1) is 9.58. The quantitative estimate of drug-likeness (QED) is 0.663. The molecule has 0 saturated carbocycles. The van der Waals surface area contributed by atoms with Crippen molar-refractivity contribution in [1.82, 2.24) is 4.98 Å². The highest BCUT2D eigenvalue weighted by atomic mass is 35.5. The first kappa shape index (κ1) is 13.2. The Bertz CT molecular complexity index is 820. The number of aromatic amines is 1. The molecule has 1 heterocycles. The number of benzene rings is 2. The van der Waals surface area contributed by atoms with Crippen LogP contribution in [0, 0.1) is 6.92 Å². The van der Waals surface area contributed by atoms with Crippen LogP contribution in [0.2, 0.25) is 10.0 Å². The normalized spacial score (nSPS) is 10.9. The first-order valence-corrected chi connectivity index (χ1v) is 6.90. The minimum absolute atomic E-state index is 0.127. The highest BCUT2D eigenvalue weighted by molar-refractivity contribution is 6.37. The van der Waals surface area contributed by atoms with Gasteiger partial charge in [-0.05, 0) is 36.8 Å². The lowest BCUT2D eigenvalue weighted by Gasteiger charge is -2.04. The zero-order valence-electron chi connectivity index (χ0n) is 10.7. The first-order valence-electron chi connectivity index (χ1n) is 6.14. The molecule has 4 heteroatoms. The maximum absolute atomic E-state index is 12.7. The number of carbonyl (C=O) groups is 1. The fraction of sp³-hybridized carbons (Fsp3) is 0.0625. The third kappa shape index (κ3) is 2.11. The number of nitrogens with one attached hydrogen (secondary N) is 1. The Kier molecular flexibility index (Phi) is 3.28. The van der Waals surface area contributed by atoms with E-state index in [0.29, 0.717) is 21.2 Å². The molecule has 0 radical (unpaired) electrons. The average molecular weight is 304 g/mol. The van der Waals surface area contributed by atoms with Gasteiger partial charge in [0.15, 0.2) is 5.78 Å². The van der Waals surface area contributed by atoms with E-state index in [-0.39, 0.29) is 5.78 Å². The zero-order valence-corrected chi connectivity index (χ0v) is 12.2. The van der Waals surface area contributed by atoms with Crippen LogP contribution < -0.4 is 0 Å². The minimum Gasteiger partial charge on any atom is -0.360 e. The van der Waals surface area contributed by atoms with Crippen LogP contribution in [0.4, 0.5) is 0 Å². The number of fused-ring (bicyclic) bond motifs is 1. The van der Waals surface area contributed by atoms with E-state index in [4.69, 9.17) is 23.2 Å². The third-order valence-electron chi connectivity index (χ3n) is 3.33. The summed E-state index contributed by atoms with van der Waals surface area (Å²) in [5.41, 5.74) is 3.02. The summed E-state index contributed by atoms with van der Waals surface area (Å²) in [7, 11) is 0. The third-order valence-corrected chi connectivity index (χ3v) is 3.90. The number of ketones is 1. The lowest BCUT2D eigenvalue weighted by Crippen LogP contribution is -2.02. The molecular weight excluding hydrogens is 293 g/mol. The molecule has 1 aromatic heterocycles. The highest BCUT2D eigenvalue weighted by Crippen LogP contribution is 2.28. The van der Waals surface area contributed by atoms with E-state index in [1.54, 1.807) is 24.4 Å². The van der Waals surface area contributed by atoms with Crippen molar-refractivity contribution in [2.45, 2.75) is 6.92 Å². The van der Waals surface area contributed by atoms with Gasteiger partial charge in [0.2, 0.25) is 0 Å². The van der Waals surface area contributed by atoms with Gasteiger partial charge in [-0.1, -0.05) is 35.3 Å². The van der Waals surface area contributed by atoms with Crippen LogP contribution in [0.25, 0.3) is 10.9 Å². The molecule has 0 bridgehead atoms. The maximum atomic E-state index is 12.7. The molecule has 0 atom stereocenters. The van der Waals surface area contributed by atoms with Gasteiger partial charge in [0.25, 0.3) is 0 Å². The fourth-order valence-corrected chi connectivity index (χ4v) is 2.74. The largest absolute Gasteiger partial charge is 0.360 e. The molecule has 0 aliphatic heterocycles. The van der Waals surface area contributed by atoms with E-state index < -0.39 is 0 Å². The number of H-pyrrole nitrogens is 1. The number of hydrogen-bond acceptors (Lipinski definition) is 1. The molecule has 0 amide bonds. The molecule has 20 heavy (non-hydrogen) atoms. The molecule has 3 aromatic rings. The number of rotatable bonds is 2. The summed E-state index contributed by atoms with van der Waals surface area (Å²) in [5, 5.41) is 1.82. The number of aryl methyl sites for hydroxylation is 1. The van der Waals surface area contributed by atoms with Crippen molar-refractivity contribution in [1.29, 1.82) is 0 Å². The number of halogens is 2. The van der Waals surface area contributed by atoms with Crippen molar-refractivity contribution in [2.75, 3.05) is 0 Å². The molecule has 0 unspecified atom stereocenters. The van der Waals surface area contributed by atoms with E-state index in [9.17, 15) is 4.79 Å². The number of hydrogen-bond donors (Lipinski definition) is 1. The second-order valence-corrected chi connectivity index (χ2v) is 5.50. The second kappa shape index (κ2) is 4.97.